The van der Waals surface area contributed by atoms with Crippen LogP contribution in [0.2, 0.25) is 0 Å². The van der Waals surface area contributed by atoms with Gasteiger partial charge in [0.1, 0.15) is 11.3 Å². The highest BCUT2D eigenvalue weighted by Crippen LogP contribution is 2.30. The third kappa shape index (κ3) is 1.35. The Morgan fingerprint density at radius 2 is 2.15 bits per heavy atom. The second-order valence-electron chi connectivity index (χ2n) is 2.69. The van der Waals surface area contributed by atoms with Crippen LogP contribution in [-0.4, -0.2) is 16.3 Å². The molecule has 2 nitrogen and oxygen atoms in total. The van der Waals surface area contributed by atoms with Crippen molar-refractivity contribution in [1.29, 1.82) is 0 Å². The molecule has 0 bridgehead atoms. The fourth-order valence-electron chi connectivity index (χ4n) is 1.31. The fraction of sp³-hybridized carbons (Fsp3) is 0.100. The number of phenols is 1. The Bertz CT molecular complexity index is 442. The largest absolute Gasteiger partial charge is 0.506 e. The number of benzene rings is 1. The summed E-state index contributed by atoms with van der Waals surface area (Å²) in [7, 11) is 0. The molecule has 0 atom stereocenters. The van der Waals surface area contributed by atoms with Crippen molar-refractivity contribution in [3.8, 4) is 5.75 Å². The molecule has 0 unspecified atom stereocenters. The van der Waals surface area contributed by atoms with Gasteiger partial charge in [-0.25, -0.2) is 0 Å². The number of pyridine rings is 1. The molecule has 1 heterocycles. The fourth-order valence-corrected chi connectivity index (χ4v) is 1.90. The van der Waals surface area contributed by atoms with Crippen LogP contribution in [0.25, 0.3) is 10.9 Å². The minimum Gasteiger partial charge on any atom is -0.506 e. The maximum absolute atomic E-state index is 9.52. The number of hydrogen-bond acceptors (Lipinski definition) is 3. The van der Waals surface area contributed by atoms with Crippen LogP contribution < -0.4 is 0 Å². The van der Waals surface area contributed by atoms with Crippen LogP contribution in [0.3, 0.4) is 0 Å². The lowest BCUT2D eigenvalue weighted by atomic mass is 10.2. The van der Waals surface area contributed by atoms with Gasteiger partial charge in [0.15, 0.2) is 0 Å². The number of nitrogens with zero attached hydrogens (tertiary/aromatic N) is 1. The van der Waals surface area contributed by atoms with Gasteiger partial charge in [0.05, 0.1) is 0 Å². The minimum atomic E-state index is 0.244. The van der Waals surface area contributed by atoms with Crippen LogP contribution in [-0.2, 0) is 0 Å². The molecule has 0 saturated heterocycles. The molecule has 0 aliphatic rings. The smallest absolute Gasteiger partial charge is 0.141 e. The average Bonchev–Trinajstić information content (AvgIpc) is 2.19. The summed E-state index contributed by atoms with van der Waals surface area (Å²) < 4.78 is 0. The minimum absolute atomic E-state index is 0.244. The summed E-state index contributed by atoms with van der Waals surface area (Å²) in [5, 5.41) is 10.5. The molecular weight excluding hydrogens is 182 g/mol. The molecule has 3 heteroatoms. The number of rotatable bonds is 1. The standard InChI is InChI=1S/C10H9NOS/c1-13-9-5-4-8(12)10-7(9)3-2-6-11-10/h2-6,12H,1H3. The molecule has 0 amide bonds. The Morgan fingerprint density at radius 3 is 2.92 bits per heavy atom. The van der Waals surface area contributed by atoms with E-state index in [0.717, 1.165) is 10.3 Å². The zero-order valence-electron chi connectivity index (χ0n) is 7.19. The molecule has 0 fully saturated rings. The molecule has 2 rings (SSSR count). The van der Waals surface area contributed by atoms with Crippen molar-refractivity contribution in [1.82, 2.24) is 4.98 Å². The predicted octanol–water partition coefficient (Wildman–Crippen LogP) is 2.66. The Hall–Kier alpha value is -1.22. The van der Waals surface area contributed by atoms with Crippen molar-refractivity contribution in [3.05, 3.63) is 30.5 Å². The van der Waals surface area contributed by atoms with Crippen molar-refractivity contribution in [2.24, 2.45) is 0 Å². The molecular formula is C10H9NOS. The molecule has 13 heavy (non-hydrogen) atoms. The molecule has 0 aliphatic carbocycles. The second kappa shape index (κ2) is 3.26. The van der Waals surface area contributed by atoms with Crippen molar-refractivity contribution in [2.45, 2.75) is 4.90 Å². The third-order valence-electron chi connectivity index (χ3n) is 1.93. The molecule has 66 valence electrons. The number of thioether (sulfide) groups is 1. The van der Waals surface area contributed by atoms with E-state index in [-0.39, 0.29) is 5.75 Å². The van der Waals surface area contributed by atoms with Gasteiger partial charge in [-0.15, -0.1) is 11.8 Å². The van der Waals surface area contributed by atoms with Gasteiger partial charge in [-0.1, -0.05) is 6.07 Å². The second-order valence-corrected chi connectivity index (χ2v) is 3.53. The van der Waals surface area contributed by atoms with Crippen molar-refractivity contribution < 1.29 is 5.11 Å². The van der Waals surface area contributed by atoms with Crippen LogP contribution in [0, 0.1) is 0 Å². The average molecular weight is 191 g/mol. The van der Waals surface area contributed by atoms with Gasteiger partial charge in [0.2, 0.25) is 0 Å². The normalized spacial score (nSPS) is 10.5. The van der Waals surface area contributed by atoms with Gasteiger partial charge in [-0.3, -0.25) is 4.98 Å². The molecule has 1 aromatic carbocycles. The summed E-state index contributed by atoms with van der Waals surface area (Å²) >= 11 is 1.66. The predicted molar refractivity (Wildman–Crippen MR) is 55.2 cm³/mol. The van der Waals surface area contributed by atoms with Crippen LogP contribution in [0.4, 0.5) is 0 Å². The first-order chi connectivity index (χ1) is 6.33. The lowest BCUT2D eigenvalue weighted by molar-refractivity contribution is 0.480. The lowest BCUT2D eigenvalue weighted by Crippen LogP contribution is -1.81. The highest BCUT2D eigenvalue weighted by Gasteiger charge is 2.03. The van der Waals surface area contributed by atoms with Gasteiger partial charge in [-0.05, 0) is 24.5 Å². The van der Waals surface area contributed by atoms with E-state index >= 15 is 0 Å². The van der Waals surface area contributed by atoms with Gasteiger partial charge in [-0.2, -0.15) is 0 Å². The van der Waals surface area contributed by atoms with E-state index in [1.54, 1.807) is 24.0 Å². The van der Waals surface area contributed by atoms with Crippen molar-refractivity contribution in [2.75, 3.05) is 6.26 Å². The Morgan fingerprint density at radius 1 is 1.31 bits per heavy atom. The zero-order valence-corrected chi connectivity index (χ0v) is 8.01. The summed E-state index contributed by atoms with van der Waals surface area (Å²) in [6.07, 6.45) is 3.70. The van der Waals surface area contributed by atoms with E-state index in [0.29, 0.717) is 5.52 Å². The number of phenolic OH excluding ortho intramolecular Hbond substituents is 1. The summed E-state index contributed by atoms with van der Waals surface area (Å²) in [6.45, 7) is 0. The van der Waals surface area contributed by atoms with E-state index in [2.05, 4.69) is 4.98 Å². The first-order valence-electron chi connectivity index (χ1n) is 3.93. The summed E-state index contributed by atoms with van der Waals surface area (Å²) in [6, 6.07) is 7.43. The van der Waals surface area contributed by atoms with Crippen LogP contribution in [0.5, 0.6) is 5.75 Å². The molecule has 0 spiro atoms. The molecule has 1 N–H and O–H groups in total. The van der Waals surface area contributed by atoms with E-state index < -0.39 is 0 Å². The summed E-state index contributed by atoms with van der Waals surface area (Å²) in [4.78, 5) is 5.27. The highest BCUT2D eigenvalue weighted by atomic mass is 32.2. The first kappa shape index (κ1) is 8.38. The molecule has 0 aliphatic heterocycles. The van der Waals surface area contributed by atoms with E-state index in [1.807, 2.05) is 24.5 Å². The number of hydrogen-bond donors (Lipinski definition) is 1. The zero-order chi connectivity index (χ0) is 9.26. The topological polar surface area (TPSA) is 33.1 Å². The molecule has 0 saturated carbocycles. The lowest BCUT2D eigenvalue weighted by Gasteiger charge is -2.03. The van der Waals surface area contributed by atoms with Crippen molar-refractivity contribution >= 4 is 22.7 Å². The van der Waals surface area contributed by atoms with Crippen molar-refractivity contribution in [3.63, 3.8) is 0 Å². The van der Waals surface area contributed by atoms with Crippen LogP contribution >= 0.6 is 11.8 Å². The quantitative estimate of drug-likeness (QED) is 0.703. The van der Waals surface area contributed by atoms with Crippen LogP contribution in [0.15, 0.2) is 35.4 Å². The number of aromatic nitrogens is 1. The molecule has 1 aromatic heterocycles. The summed E-state index contributed by atoms with van der Waals surface area (Å²) in [5.74, 6) is 0.244. The highest BCUT2D eigenvalue weighted by molar-refractivity contribution is 7.98. The SMILES string of the molecule is CSc1ccc(O)c2ncccc12. The van der Waals surface area contributed by atoms with Gasteiger partial charge in [0, 0.05) is 16.5 Å². The summed E-state index contributed by atoms with van der Waals surface area (Å²) in [5.41, 5.74) is 0.675. The number of aromatic hydroxyl groups is 1. The van der Waals surface area contributed by atoms with E-state index in [4.69, 9.17) is 0 Å². The Kier molecular flexibility index (Phi) is 2.10. The van der Waals surface area contributed by atoms with E-state index in [9.17, 15) is 5.11 Å². The van der Waals surface area contributed by atoms with Gasteiger partial charge in [0.25, 0.3) is 0 Å². The molecule has 2 aromatic rings. The Balaban J connectivity index is 2.84. The van der Waals surface area contributed by atoms with Crippen LogP contribution in [0.1, 0.15) is 0 Å². The van der Waals surface area contributed by atoms with E-state index in [1.165, 1.54) is 0 Å². The first-order valence-corrected chi connectivity index (χ1v) is 5.16. The number of fused-ring (bicyclic) bond motifs is 1. The van der Waals surface area contributed by atoms with Gasteiger partial charge < -0.3 is 5.11 Å². The third-order valence-corrected chi connectivity index (χ3v) is 2.72. The maximum Gasteiger partial charge on any atom is 0.141 e. The maximum atomic E-state index is 9.52. The van der Waals surface area contributed by atoms with Gasteiger partial charge >= 0.3 is 0 Å². The monoisotopic (exact) mass is 191 g/mol. The Labute approximate surface area is 80.6 Å². The molecule has 0 radical (unpaired) electrons.